The van der Waals surface area contributed by atoms with Crippen molar-refractivity contribution in [2.45, 2.75) is 89.6 Å². The maximum absolute atomic E-state index is 5.08. The Kier molecular flexibility index (Phi) is 6.68. The molecule has 2 saturated carbocycles. The Morgan fingerprint density at radius 3 is 2.20 bits per heavy atom. The van der Waals surface area contributed by atoms with Crippen LogP contribution in [0.4, 0.5) is 0 Å². The van der Waals surface area contributed by atoms with Crippen molar-refractivity contribution in [2.75, 3.05) is 13.6 Å². The first-order valence-electron chi connectivity index (χ1n) is 8.85. The summed E-state index contributed by atoms with van der Waals surface area (Å²) >= 11 is 0. The summed E-state index contributed by atoms with van der Waals surface area (Å²) in [5.74, 6) is 1.17. The molecule has 3 heteroatoms. The molecule has 0 bridgehead atoms. The number of nitrogens with zero attached hydrogens (tertiary/aromatic N) is 2. The van der Waals surface area contributed by atoms with Gasteiger partial charge in [0.25, 0.3) is 0 Å². The number of guanidine groups is 1. The van der Waals surface area contributed by atoms with Crippen LogP contribution in [0.1, 0.15) is 77.6 Å². The van der Waals surface area contributed by atoms with E-state index in [1.54, 1.807) is 0 Å². The van der Waals surface area contributed by atoms with Crippen molar-refractivity contribution in [3.05, 3.63) is 0 Å². The van der Waals surface area contributed by atoms with Gasteiger partial charge in [-0.15, -0.1) is 0 Å². The molecule has 3 nitrogen and oxygen atoms in total. The second kappa shape index (κ2) is 8.53. The molecule has 0 radical (unpaired) electrons. The minimum Gasteiger partial charge on any atom is -0.354 e. The van der Waals surface area contributed by atoms with E-state index >= 15 is 0 Å². The van der Waals surface area contributed by atoms with Crippen molar-refractivity contribution in [3.63, 3.8) is 0 Å². The lowest BCUT2D eigenvalue weighted by atomic mass is 9.95. The van der Waals surface area contributed by atoms with E-state index in [1.165, 1.54) is 76.6 Å². The number of hydrogen-bond acceptors (Lipinski definition) is 1. The van der Waals surface area contributed by atoms with Gasteiger partial charge in [-0.2, -0.15) is 0 Å². The largest absolute Gasteiger partial charge is 0.354 e. The van der Waals surface area contributed by atoms with Crippen molar-refractivity contribution < 1.29 is 0 Å². The molecule has 0 heterocycles. The molecule has 116 valence electrons. The average molecular weight is 279 g/mol. The molecule has 0 aromatic rings. The Bertz CT molecular complexity index is 289. The topological polar surface area (TPSA) is 27.6 Å². The summed E-state index contributed by atoms with van der Waals surface area (Å²) in [6.45, 7) is 3.35. The Hall–Kier alpha value is -0.730. The Morgan fingerprint density at radius 2 is 1.60 bits per heavy atom. The molecule has 0 spiro atoms. The van der Waals surface area contributed by atoms with Crippen LogP contribution >= 0.6 is 0 Å². The number of aliphatic imine (C=N–C) groups is 1. The first-order valence-corrected chi connectivity index (χ1v) is 8.85. The third-order valence-electron chi connectivity index (χ3n) is 4.74. The summed E-state index contributed by atoms with van der Waals surface area (Å²) in [5, 5.41) is 3.76. The fourth-order valence-electron chi connectivity index (χ4n) is 3.50. The van der Waals surface area contributed by atoms with Crippen LogP contribution in [0.3, 0.4) is 0 Å². The molecule has 1 N–H and O–H groups in total. The highest BCUT2D eigenvalue weighted by atomic mass is 15.3. The lowest BCUT2D eigenvalue weighted by molar-refractivity contribution is 0.379. The minimum atomic E-state index is 0.564. The number of hydrogen-bond donors (Lipinski definition) is 1. The molecule has 0 aromatic heterocycles. The van der Waals surface area contributed by atoms with Crippen molar-refractivity contribution in [1.29, 1.82) is 0 Å². The summed E-state index contributed by atoms with van der Waals surface area (Å²) in [6, 6.07) is 1.22. The van der Waals surface area contributed by atoms with E-state index in [9.17, 15) is 0 Å². The molecule has 2 aliphatic carbocycles. The summed E-state index contributed by atoms with van der Waals surface area (Å²) in [7, 11) is 2.20. The Labute approximate surface area is 125 Å². The lowest BCUT2D eigenvalue weighted by Gasteiger charge is -2.30. The highest BCUT2D eigenvalue weighted by Gasteiger charge is 2.19. The fraction of sp³-hybridized carbons (Fsp3) is 0.941. The zero-order valence-electron chi connectivity index (χ0n) is 13.5. The molecule has 2 rings (SSSR count). The van der Waals surface area contributed by atoms with Crippen molar-refractivity contribution >= 4 is 5.96 Å². The van der Waals surface area contributed by atoms with Crippen LogP contribution < -0.4 is 5.32 Å². The smallest absolute Gasteiger partial charge is 0.194 e. The normalized spacial score (nSPS) is 22.8. The maximum Gasteiger partial charge on any atom is 0.194 e. The second-order valence-corrected chi connectivity index (χ2v) is 6.65. The third kappa shape index (κ3) is 4.99. The molecule has 0 unspecified atom stereocenters. The summed E-state index contributed by atoms with van der Waals surface area (Å²) in [4.78, 5) is 7.42. The van der Waals surface area contributed by atoms with Crippen LogP contribution in [0.2, 0.25) is 0 Å². The highest BCUT2D eigenvalue weighted by molar-refractivity contribution is 5.80. The quantitative estimate of drug-likeness (QED) is 0.623. The van der Waals surface area contributed by atoms with Gasteiger partial charge < -0.3 is 10.2 Å². The SMILES string of the molecule is CCCN(C)C(=NC1CCCCC1)NC1CCCCC1. The lowest BCUT2D eigenvalue weighted by Crippen LogP contribution is -2.46. The predicted octanol–water partition coefficient (Wildman–Crippen LogP) is 3.94. The van der Waals surface area contributed by atoms with Gasteiger partial charge in [0.15, 0.2) is 5.96 Å². The summed E-state index contributed by atoms with van der Waals surface area (Å²) in [6.07, 6.45) is 14.7. The van der Waals surface area contributed by atoms with Gasteiger partial charge in [-0.25, -0.2) is 4.99 Å². The van der Waals surface area contributed by atoms with Gasteiger partial charge in [0, 0.05) is 19.6 Å². The van der Waals surface area contributed by atoms with Crippen LogP contribution in [-0.4, -0.2) is 36.5 Å². The van der Waals surface area contributed by atoms with Crippen molar-refractivity contribution in [1.82, 2.24) is 10.2 Å². The molecular weight excluding hydrogens is 246 g/mol. The van der Waals surface area contributed by atoms with Crippen LogP contribution in [-0.2, 0) is 0 Å². The predicted molar refractivity (Wildman–Crippen MR) is 87.2 cm³/mol. The van der Waals surface area contributed by atoms with Crippen molar-refractivity contribution in [3.8, 4) is 0 Å². The monoisotopic (exact) mass is 279 g/mol. The molecule has 2 aliphatic rings. The van der Waals surface area contributed by atoms with Gasteiger partial charge in [0.05, 0.1) is 6.04 Å². The first kappa shape index (κ1) is 15.7. The first-order chi connectivity index (χ1) is 9.79. The zero-order chi connectivity index (χ0) is 14.2. The molecule has 0 atom stereocenters. The van der Waals surface area contributed by atoms with E-state index in [0.29, 0.717) is 12.1 Å². The van der Waals surface area contributed by atoms with Crippen LogP contribution in [0, 0.1) is 0 Å². The Morgan fingerprint density at radius 1 is 1.00 bits per heavy atom. The van der Waals surface area contributed by atoms with Crippen LogP contribution in [0.5, 0.6) is 0 Å². The van der Waals surface area contributed by atoms with Crippen LogP contribution in [0.15, 0.2) is 4.99 Å². The standard InChI is InChI=1S/C17H33N3/c1-3-14-20(2)17(18-15-10-6-4-7-11-15)19-16-12-8-5-9-13-16/h15-16H,3-14H2,1-2H3,(H,18,19). The molecule has 0 saturated heterocycles. The number of rotatable bonds is 4. The molecule has 0 aliphatic heterocycles. The maximum atomic E-state index is 5.08. The van der Waals surface area contributed by atoms with E-state index < -0.39 is 0 Å². The van der Waals surface area contributed by atoms with Gasteiger partial charge in [-0.05, 0) is 32.1 Å². The average Bonchev–Trinajstić information content (AvgIpc) is 2.49. The summed E-state index contributed by atoms with van der Waals surface area (Å²) in [5.41, 5.74) is 0. The zero-order valence-corrected chi connectivity index (χ0v) is 13.5. The van der Waals surface area contributed by atoms with E-state index in [4.69, 9.17) is 4.99 Å². The molecule has 0 aromatic carbocycles. The molecule has 0 amide bonds. The van der Waals surface area contributed by atoms with Crippen LogP contribution in [0.25, 0.3) is 0 Å². The molecule has 20 heavy (non-hydrogen) atoms. The van der Waals surface area contributed by atoms with Gasteiger partial charge in [0.1, 0.15) is 0 Å². The molecular formula is C17H33N3. The van der Waals surface area contributed by atoms with E-state index in [-0.39, 0.29) is 0 Å². The highest BCUT2D eigenvalue weighted by Crippen LogP contribution is 2.21. The minimum absolute atomic E-state index is 0.564. The van der Waals surface area contributed by atoms with E-state index in [0.717, 1.165) is 6.54 Å². The Balaban J connectivity index is 1.96. The van der Waals surface area contributed by atoms with E-state index in [2.05, 4.69) is 24.2 Å². The fourth-order valence-corrected chi connectivity index (χ4v) is 3.50. The van der Waals surface area contributed by atoms with Gasteiger partial charge in [-0.1, -0.05) is 45.4 Å². The summed E-state index contributed by atoms with van der Waals surface area (Å²) < 4.78 is 0. The van der Waals surface area contributed by atoms with Gasteiger partial charge in [-0.3, -0.25) is 0 Å². The second-order valence-electron chi connectivity index (χ2n) is 6.65. The number of nitrogens with one attached hydrogen (secondary N) is 1. The van der Waals surface area contributed by atoms with E-state index in [1.807, 2.05) is 0 Å². The van der Waals surface area contributed by atoms with Gasteiger partial charge in [0.2, 0.25) is 0 Å². The third-order valence-corrected chi connectivity index (χ3v) is 4.74. The van der Waals surface area contributed by atoms with Crippen molar-refractivity contribution in [2.24, 2.45) is 4.99 Å². The molecule has 2 fully saturated rings. The van der Waals surface area contributed by atoms with Gasteiger partial charge >= 0.3 is 0 Å².